The fourth-order valence-electron chi connectivity index (χ4n) is 1.96. The van der Waals surface area contributed by atoms with E-state index in [9.17, 15) is 14.9 Å². The van der Waals surface area contributed by atoms with Crippen molar-refractivity contribution < 1.29 is 14.5 Å². The van der Waals surface area contributed by atoms with E-state index >= 15 is 0 Å². The topological polar surface area (TPSA) is 93.5 Å². The first-order chi connectivity index (χ1) is 9.66. The molecule has 108 valence electrons. The van der Waals surface area contributed by atoms with Crippen LogP contribution in [0.3, 0.4) is 0 Å². The Labute approximate surface area is 116 Å². The van der Waals surface area contributed by atoms with Gasteiger partial charge in [0.15, 0.2) is 0 Å². The van der Waals surface area contributed by atoms with Gasteiger partial charge in [0.25, 0.3) is 5.69 Å². The Morgan fingerprint density at radius 1 is 1.45 bits per heavy atom. The highest BCUT2D eigenvalue weighted by Crippen LogP contribution is 2.11. The number of non-ortho nitro benzene ring substituents is 1. The van der Waals surface area contributed by atoms with Gasteiger partial charge in [0.1, 0.15) is 6.10 Å². The minimum absolute atomic E-state index is 0.0689. The molecule has 20 heavy (non-hydrogen) atoms. The van der Waals surface area contributed by atoms with Gasteiger partial charge in [-0.3, -0.25) is 14.9 Å². The molecule has 0 bridgehead atoms. The molecule has 7 nitrogen and oxygen atoms in total. The molecular formula is C13H17N3O4. The molecule has 0 saturated carbocycles. The summed E-state index contributed by atoms with van der Waals surface area (Å²) >= 11 is 0. The molecule has 1 aromatic rings. The standard InChI is InChI=1S/C13H17N3O4/c17-13(12-9-14-7-8-20-12)15-6-5-10-1-3-11(4-2-10)16(18)19/h1-4,12,14H,5-9H2,(H,15,17). The third-order valence-corrected chi connectivity index (χ3v) is 3.08. The lowest BCUT2D eigenvalue weighted by Crippen LogP contribution is -2.48. The van der Waals surface area contributed by atoms with Crippen molar-refractivity contribution in [2.75, 3.05) is 26.2 Å². The Morgan fingerprint density at radius 3 is 2.80 bits per heavy atom. The summed E-state index contributed by atoms with van der Waals surface area (Å²) in [6.07, 6.45) is 0.199. The second-order valence-corrected chi connectivity index (χ2v) is 4.53. The van der Waals surface area contributed by atoms with Crippen LogP contribution in [-0.2, 0) is 16.0 Å². The lowest BCUT2D eigenvalue weighted by Gasteiger charge is -2.22. The maximum Gasteiger partial charge on any atom is 0.269 e. The fourth-order valence-corrected chi connectivity index (χ4v) is 1.96. The van der Waals surface area contributed by atoms with Gasteiger partial charge in [-0.2, -0.15) is 0 Å². The lowest BCUT2D eigenvalue weighted by molar-refractivity contribution is -0.384. The van der Waals surface area contributed by atoms with Gasteiger partial charge in [0.05, 0.1) is 11.5 Å². The summed E-state index contributed by atoms with van der Waals surface area (Å²) in [6.45, 7) is 2.33. The second-order valence-electron chi connectivity index (χ2n) is 4.53. The SMILES string of the molecule is O=C(NCCc1ccc([N+](=O)[O-])cc1)C1CNCCO1. The highest BCUT2D eigenvalue weighted by molar-refractivity contribution is 5.81. The highest BCUT2D eigenvalue weighted by Gasteiger charge is 2.20. The molecule has 0 aromatic heterocycles. The molecule has 1 heterocycles. The van der Waals surface area contributed by atoms with Crippen molar-refractivity contribution in [3.05, 3.63) is 39.9 Å². The van der Waals surface area contributed by atoms with Gasteiger partial charge in [0.2, 0.25) is 5.91 Å². The average molecular weight is 279 g/mol. The number of hydrogen-bond donors (Lipinski definition) is 2. The molecule has 1 saturated heterocycles. The van der Waals surface area contributed by atoms with E-state index < -0.39 is 11.0 Å². The molecule has 7 heteroatoms. The summed E-state index contributed by atoms with van der Waals surface area (Å²) in [6, 6.07) is 6.32. The first-order valence-electron chi connectivity index (χ1n) is 6.50. The van der Waals surface area contributed by atoms with Crippen molar-refractivity contribution >= 4 is 11.6 Å². The Morgan fingerprint density at radius 2 is 2.20 bits per heavy atom. The zero-order chi connectivity index (χ0) is 14.4. The third-order valence-electron chi connectivity index (χ3n) is 3.08. The van der Waals surface area contributed by atoms with E-state index in [1.807, 2.05) is 0 Å². The summed E-state index contributed by atoms with van der Waals surface area (Å²) in [5, 5.41) is 16.4. The first kappa shape index (κ1) is 14.4. The molecule has 1 aliphatic rings. The minimum atomic E-state index is -0.432. The lowest BCUT2D eigenvalue weighted by atomic mass is 10.1. The summed E-state index contributed by atoms with van der Waals surface area (Å²) in [5.74, 6) is -0.126. The fraction of sp³-hybridized carbons (Fsp3) is 0.462. The predicted molar refractivity (Wildman–Crippen MR) is 72.4 cm³/mol. The zero-order valence-electron chi connectivity index (χ0n) is 11.0. The number of morpholine rings is 1. The molecule has 2 rings (SSSR count). The van der Waals surface area contributed by atoms with Crippen molar-refractivity contribution in [1.29, 1.82) is 0 Å². The molecular weight excluding hydrogens is 262 g/mol. The van der Waals surface area contributed by atoms with Crippen molar-refractivity contribution in [3.8, 4) is 0 Å². The number of nitro groups is 1. The van der Waals surface area contributed by atoms with Crippen molar-refractivity contribution in [2.45, 2.75) is 12.5 Å². The van der Waals surface area contributed by atoms with Crippen LogP contribution in [0.1, 0.15) is 5.56 Å². The molecule has 0 radical (unpaired) electrons. The Hall–Kier alpha value is -1.99. The molecule has 1 aliphatic heterocycles. The number of nitrogens with one attached hydrogen (secondary N) is 2. The Kier molecular flexibility index (Phi) is 5.03. The average Bonchev–Trinajstić information content (AvgIpc) is 2.48. The van der Waals surface area contributed by atoms with E-state index in [1.54, 1.807) is 12.1 Å². The molecule has 2 N–H and O–H groups in total. The van der Waals surface area contributed by atoms with E-state index in [1.165, 1.54) is 12.1 Å². The third kappa shape index (κ3) is 4.01. The number of ether oxygens (including phenoxy) is 1. The number of rotatable bonds is 5. The maximum atomic E-state index is 11.8. The maximum absolute atomic E-state index is 11.8. The van der Waals surface area contributed by atoms with E-state index in [4.69, 9.17) is 4.74 Å². The molecule has 1 fully saturated rings. The molecule has 1 unspecified atom stereocenters. The number of amides is 1. The largest absolute Gasteiger partial charge is 0.366 e. The molecule has 0 spiro atoms. The first-order valence-corrected chi connectivity index (χ1v) is 6.50. The summed E-state index contributed by atoms with van der Waals surface area (Å²) in [4.78, 5) is 21.9. The van der Waals surface area contributed by atoms with Crippen LogP contribution in [0.25, 0.3) is 0 Å². The van der Waals surface area contributed by atoms with Crippen LogP contribution in [0.4, 0.5) is 5.69 Å². The molecule has 1 amide bonds. The van der Waals surface area contributed by atoms with Crippen LogP contribution in [0.15, 0.2) is 24.3 Å². The molecule has 0 aliphatic carbocycles. The Balaban J connectivity index is 1.74. The number of hydrogen-bond acceptors (Lipinski definition) is 5. The van der Waals surface area contributed by atoms with Gasteiger partial charge >= 0.3 is 0 Å². The van der Waals surface area contributed by atoms with Crippen molar-refractivity contribution in [2.24, 2.45) is 0 Å². The van der Waals surface area contributed by atoms with Crippen molar-refractivity contribution in [3.63, 3.8) is 0 Å². The van der Waals surface area contributed by atoms with E-state index in [2.05, 4.69) is 10.6 Å². The number of benzene rings is 1. The highest BCUT2D eigenvalue weighted by atomic mass is 16.6. The minimum Gasteiger partial charge on any atom is -0.366 e. The van der Waals surface area contributed by atoms with Crippen LogP contribution in [0, 0.1) is 10.1 Å². The van der Waals surface area contributed by atoms with Crippen LogP contribution >= 0.6 is 0 Å². The van der Waals surface area contributed by atoms with Gasteiger partial charge in [-0.1, -0.05) is 12.1 Å². The predicted octanol–water partition coefficient (Wildman–Crippen LogP) is 0.242. The van der Waals surface area contributed by atoms with Crippen LogP contribution < -0.4 is 10.6 Å². The summed E-state index contributed by atoms with van der Waals surface area (Å²) < 4.78 is 5.34. The molecule has 1 atom stereocenters. The number of nitrogens with zero attached hydrogens (tertiary/aromatic N) is 1. The van der Waals surface area contributed by atoms with Gasteiger partial charge in [-0.05, 0) is 12.0 Å². The summed E-state index contributed by atoms with van der Waals surface area (Å²) in [7, 11) is 0. The van der Waals surface area contributed by atoms with Crippen molar-refractivity contribution in [1.82, 2.24) is 10.6 Å². The van der Waals surface area contributed by atoms with Crippen LogP contribution in [-0.4, -0.2) is 43.2 Å². The quantitative estimate of drug-likeness (QED) is 0.595. The number of carbonyl (C=O) groups is 1. The van der Waals surface area contributed by atoms with Gasteiger partial charge in [-0.15, -0.1) is 0 Å². The van der Waals surface area contributed by atoms with Crippen LogP contribution in [0.2, 0.25) is 0 Å². The van der Waals surface area contributed by atoms with Gasteiger partial charge < -0.3 is 15.4 Å². The zero-order valence-corrected chi connectivity index (χ0v) is 11.0. The summed E-state index contributed by atoms with van der Waals surface area (Å²) in [5.41, 5.74) is 1.01. The normalized spacial score (nSPS) is 18.5. The van der Waals surface area contributed by atoms with E-state index in [0.717, 1.165) is 12.1 Å². The number of carbonyl (C=O) groups excluding carboxylic acids is 1. The Bertz CT molecular complexity index is 469. The number of nitro benzene ring substituents is 1. The van der Waals surface area contributed by atoms with E-state index in [-0.39, 0.29) is 11.6 Å². The van der Waals surface area contributed by atoms with Crippen LogP contribution in [0.5, 0.6) is 0 Å². The van der Waals surface area contributed by atoms with Gasteiger partial charge in [-0.25, -0.2) is 0 Å². The smallest absolute Gasteiger partial charge is 0.269 e. The van der Waals surface area contributed by atoms with Gasteiger partial charge in [0, 0.05) is 31.8 Å². The van der Waals surface area contributed by atoms with E-state index in [0.29, 0.717) is 26.1 Å². The second kappa shape index (κ2) is 6.97. The monoisotopic (exact) mass is 279 g/mol. The molecule has 1 aromatic carbocycles.